The number of aromatic nitrogens is 2. The Morgan fingerprint density at radius 3 is 2.44 bits per heavy atom. The third-order valence-corrected chi connectivity index (χ3v) is 4.21. The maximum Gasteiger partial charge on any atom is 0.148 e. The lowest BCUT2D eigenvalue weighted by atomic mass is 9.78. The van der Waals surface area contributed by atoms with Crippen LogP contribution in [0.5, 0.6) is 0 Å². The number of nitrogens with one attached hydrogen (secondary N) is 1. The van der Waals surface area contributed by atoms with E-state index in [9.17, 15) is 0 Å². The van der Waals surface area contributed by atoms with Gasteiger partial charge in [0.05, 0.1) is 22.3 Å². The molecular formula is C14H16ClN3. The molecule has 1 aromatic carbocycles. The number of hydrogen-bond donors (Lipinski definition) is 1. The summed E-state index contributed by atoms with van der Waals surface area (Å²) in [6.45, 7) is 1.99. The molecule has 0 spiro atoms. The second-order valence-electron chi connectivity index (χ2n) is 5.04. The summed E-state index contributed by atoms with van der Waals surface area (Å²) in [5.74, 6) is 1.50. The minimum absolute atomic E-state index is 0.0312. The monoisotopic (exact) mass is 261 g/mol. The van der Waals surface area contributed by atoms with Crippen LogP contribution in [0.4, 0.5) is 5.82 Å². The number of halogens is 1. The van der Waals surface area contributed by atoms with E-state index in [1.807, 2.05) is 31.2 Å². The summed E-state index contributed by atoms with van der Waals surface area (Å²) < 4.78 is 0. The van der Waals surface area contributed by atoms with E-state index in [0.717, 1.165) is 35.4 Å². The Morgan fingerprint density at radius 1 is 1.22 bits per heavy atom. The summed E-state index contributed by atoms with van der Waals surface area (Å²) in [5, 5.41) is 3.50. The lowest BCUT2D eigenvalue weighted by Gasteiger charge is -2.41. The predicted molar refractivity (Wildman–Crippen MR) is 75.2 cm³/mol. The average Bonchev–Trinajstić information content (AvgIpc) is 2.34. The number of para-hydroxylation sites is 2. The van der Waals surface area contributed by atoms with Crippen LogP contribution in [0.1, 0.15) is 25.0 Å². The predicted octanol–water partition coefficient (Wildman–Crippen LogP) is 3.51. The fourth-order valence-electron chi connectivity index (χ4n) is 2.35. The zero-order valence-electron chi connectivity index (χ0n) is 10.4. The van der Waals surface area contributed by atoms with Crippen LogP contribution in [0.15, 0.2) is 24.3 Å². The molecule has 0 aliphatic heterocycles. The van der Waals surface area contributed by atoms with Crippen LogP contribution in [-0.2, 0) is 0 Å². The third-order valence-electron chi connectivity index (χ3n) is 3.69. The van der Waals surface area contributed by atoms with Crippen molar-refractivity contribution in [2.45, 2.75) is 31.7 Å². The van der Waals surface area contributed by atoms with Crippen LogP contribution in [0, 0.1) is 6.92 Å². The molecule has 4 heteroatoms. The SMILES string of the molecule is Cc1nc2ccccc2nc1NC1(CCl)CCC1. The molecule has 1 aliphatic carbocycles. The fraction of sp³-hybridized carbons (Fsp3) is 0.429. The van der Waals surface area contributed by atoms with Gasteiger partial charge >= 0.3 is 0 Å². The van der Waals surface area contributed by atoms with Crippen molar-refractivity contribution in [2.24, 2.45) is 0 Å². The maximum absolute atomic E-state index is 6.07. The molecule has 1 fully saturated rings. The molecule has 0 radical (unpaired) electrons. The van der Waals surface area contributed by atoms with Crippen LogP contribution in [0.2, 0.25) is 0 Å². The summed E-state index contributed by atoms with van der Waals surface area (Å²) in [7, 11) is 0. The van der Waals surface area contributed by atoms with Crippen LogP contribution in [0.25, 0.3) is 11.0 Å². The summed E-state index contributed by atoms with van der Waals surface area (Å²) >= 11 is 6.07. The number of nitrogens with zero attached hydrogens (tertiary/aromatic N) is 2. The highest BCUT2D eigenvalue weighted by Crippen LogP contribution is 2.36. The van der Waals surface area contributed by atoms with Crippen molar-refractivity contribution in [2.75, 3.05) is 11.2 Å². The number of alkyl halides is 1. The van der Waals surface area contributed by atoms with Crippen LogP contribution in [-0.4, -0.2) is 21.4 Å². The molecule has 18 heavy (non-hydrogen) atoms. The molecule has 0 saturated heterocycles. The summed E-state index contributed by atoms with van der Waals surface area (Å²) in [6.07, 6.45) is 3.47. The Kier molecular flexibility index (Phi) is 2.86. The van der Waals surface area contributed by atoms with E-state index in [1.54, 1.807) is 0 Å². The highest BCUT2D eigenvalue weighted by Gasteiger charge is 2.36. The van der Waals surface area contributed by atoms with E-state index in [4.69, 9.17) is 11.6 Å². The van der Waals surface area contributed by atoms with Crippen molar-refractivity contribution < 1.29 is 0 Å². The van der Waals surface area contributed by atoms with E-state index in [-0.39, 0.29) is 5.54 Å². The molecule has 1 aliphatic rings. The molecule has 1 N–H and O–H groups in total. The van der Waals surface area contributed by atoms with Gasteiger partial charge in [-0.3, -0.25) is 0 Å². The van der Waals surface area contributed by atoms with Gasteiger partial charge in [-0.05, 0) is 38.3 Å². The Labute approximate surface area is 112 Å². The number of rotatable bonds is 3. The molecule has 0 bridgehead atoms. The van der Waals surface area contributed by atoms with Gasteiger partial charge in [-0.15, -0.1) is 11.6 Å². The summed E-state index contributed by atoms with van der Waals surface area (Å²) in [4.78, 5) is 9.24. The van der Waals surface area contributed by atoms with Gasteiger partial charge in [0, 0.05) is 5.88 Å². The van der Waals surface area contributed by atoms with E-state index in [2.05, 4.69) is 15.3 Å². The van der Waals surface area contributed by atoms with Crippen LogP contribution in [0.3, 0.4) is 0 Å². The van der Waals surface area contributed by atoms with Crippen LogP contribution >= 0.6 is 11.6 Å². The molecule has 0 unspecified atom stereocenters. The average molecular weight is 262 g/mol. The first-order valence-corrected chi connectivity index (χ1v) is 6.83. The first kappa shape index (κ1) is 11.7. The zero-order valence-corrected chi connectivity index (χ0v) is 11.2. The largest absolute Gasteiger partial charge is 0.362 e. The number of aryl methyl sites for hydroxylation is 1. The van der Waals surface area contributed by atoms with Crippen molar-refractivity contribution >= 4 is 28.5 Å². The van der Waals surface area contributed by atoms with Gasteiger partial charge < -0.3 is 5.32 Å². The van der Waals surface area contributed by atoms with E-state index < -0.39 is 0 Å². The van der Waals surface area contributed by atoms with Crippen molar-refractivity contribution in [3.05, 3.63) is 30.0 Å². The third kappa shape index (κ3) is 1.93. The zero-order chi connectivity index (χ0) is 12.6. The van der Waals surface area contributed by atoms with E-state index >= 15 is 0 Å². The Bertz CT molecular complexity index is 573. The van der Waals surface area contributed by atoms with Crippen molar-refractivity contribution in [3.8, 4) is 0 Å². The van der Waals surface area contributed by atoms with Gasteiger partial charge in [0.15, 0.2) is 0 Å². The Morgan fingerprint density at radius 2 is 1.89 bits per heavy atom. The molecule has 3 rings (SSSR count). The van der Waals surface area contributed by atoms with E-state index in [0.29, 0.717) is 5.88 Å². The first-order chi connectivity index (χ1) is 8.72. The Hall–Kier alpha value is -1.35. The van der Waals surface area contributed by atoms with Crippen molar-refractivity contribution in [1.29, 1.82) is 0 Å². The first-order valence-electron chi connectivity index (χ1n) is 6.30. The molecule has 2 aromatic rings. The lowest BCUT2D eigenvalue weighted by Crippen LogP contribution is -2.47. The maximum atomic E-state index is 6.07. The quantitative estimate of drug-likeness (QED) is 0.860. The highest BCUT2D eigenvalue weighted by molar-refractivity contribution is 6.19. The molecule has 1 saturated carbocycles. The number of anilines is 1. The Balaban J connectivity index is 1.98. The molecule has 0 amide bonds. The van der Waals surface area contributed by atoms with Crippen molar-refractivity contribution in [3.63, 3.8) is 0 Å². The second-order valence-corrected chi connectivity index (χ2v) is 5.31. The molecule has 1 heterocycles. The fourth-order valence-corrected chi connectivity index (χ4v) is 2.69. The minimum Gasteiger partial charge on any atom is -0.362 e. The van der Waals surface area contributed by atoms with Gasteiger partial charge in [-0.25, -0.2) is 9.97 Å². The van der Waals surface area contributed by atoms with Gasteiger partial charge in [0.1, 0.15) is 5.82 Å². The summed E-state index contributed by atoms with van der Waals surface area (Å²) in [5.41, 5.74) is 2.83. The second kappa shape index (κ2) is 4.39. The highest BCUT2D eigenvalue weighted by atomic mass is 35.5. The molecule has 3 nitrogen and oxygen atoms in total. The van der Waals surface area contributed by atoms with Gasteiger partial charge in [0.2, 0.25) is 0 Å². The number of hydrogen-bond acceptors (Lipinski definition) is 3. The number of benzene rings is 1. The van der Waals surface area contributed by atoms with Crippen molar-refractivity contribution in [1.82, 2.24) is 9.97 Å². The van der Waals surface area contributed by atoms with Gasteiger partial charge in [0.25, 0.3) is 0 Å². The summed E-state index contributed by atoms with van der Waals surface area (Å²) in [6, 6.07) is 7.94. The molecule has 94 valence electrons. The lowest BCUT2D eigenvalue weighted by molar-refractivity contribution is 0.310. The van der Waals surface area contributed by atoms with Gasteiger partial charge in [-0.2, -0.15) is 0 Å². The smallest absolute Gasteiger partial charge is 0.148 e. The number of fused-ring (bicyclic) bond motifs is 1. The topological polar surface area (TPSA) is 37.8 Å². The molecule has 1 aromatic heterocycles. The molecule has 0 atom stereocenters. The van der Waals surface area contributed by atoms with Crippen LogP contribution < -0.4 is 5.32 Å². The van der Waals surface area contributed by atoms with E-state index in [1.165, 1.54) is 6.42 Å². The minimum atomic E-state index is 0.0312. The van der Waals surface area contributed by atoms with Gasteiger partial charge in [-0.1, -0.05) is 12.1 Å². The molecular weight excluding hydrogens is 246 g/mol. The standard InChI is InChI=1S/C14H16ClN3/c1-10-13(18-14(9-15)7-4-8-14)17-12-6-3-2-5-11(12)16-10/h2-3,5-6H,4,7-9H2,1H3,(H,17,18). The normalized spacial score (nSPS) is 17.4.